The van der Waals surface area contributed by atoms with Crippen LogP contribution in [0.2, 0.25) is 0 Å². The van der Waals surface area contributed by atoms with E-state index in [-0.39, 0.29) is 12.3 Å². The van der Waals surface area contributed by atoms with Gasteiger partial charge in [0.15, 0.2) is 6.29 Å². The van der Waals surface area contributed by atoms with E-state index >= 15 is 0 Å². The van der Waals surface area contributed by atoms with Gasteiger partial charge < -0.3 is 10.2 Å². The first-order chi connectivity index (χ1) is 8.47. The number of amides is 1. The maximum Gasteiger partial charge on any atom is 0.265 e. The van der Waals surface area contributed by atoms with Crippen molar-refractivity contribution in [2.24, 2.45) is 0 Å². The lowest BCUT2D eigenvalue weighted by atomic mass is 10.3. The van der Waals surface area contributed by atoms with Crippen LogP contribution >= 0.6 is 35.3 Å². The van der Waals surface area contributed by atoms with Crippen molar-refractivity contribution in [1.82, 2.24) is 4.90 Å². The fourth-order valence-corrected chi connectivity index (χ4v) is 3.67. The maximum absolute atomic E-state index is 11.8. The van der Waals surface area contributed by atoms with Crippen molar-refractivity contribution in [3.05, 3.63) is 26.8 Å². The standard InChI is InChI=1S/C11H11NO3S3/c1-12-10(15)8(18-11(12)16)4-6-2-3-7(17-6)5-9(13)14/h2-4,9,13-14H,5H2,1H3/b8-4-. The molecule has 1 saturated heterocycles. The zero-order valence-electron chi connectivity index (χ0n) is 9.49. The number of carbonyl (C=O) groups excluding carboxylic acids is 1. The predicted octanol–water partition coefficient (Wildman–Crippen LogP) is 1.43. The van der Waals surface area contributed by atoms with E-state index in [4.69, 9.17) is 22.4 Å². The Bertz CT molecular complexity index is 521. The van der Waals surface area contributed by atoms with Crippen molar-refractivity contribution in [2.75, 3.05) is 7.05 Å². The Kier molecular flexibility index (Phi) is 4.18. The molecule has 1 fully saturated rings. The molecule has 2 heterocycles. The number of hydrogen-bond donors (Lipinski definition) is 2. The lowest BCUT2D eigenvalue weighted by Gasteiger charge is -2.03. The maximum atomic E-state index is 11.8. The van der Waals surface area contributed by atoms with E-state index in [9.17, 15) is 4.79 Å². The second kappa shape index (κ2) is 5.50. The topological polar surface area (TPSA) is 60.8 Å². The van der Waals surface area contributed by atoms with E-state index in [1.54, 1.807) is 13.1 Å². The molecule has 1 aliphatic rings. The molecule has 0 atom stereocenters. The number of thiocarbonyl (C=S) groups is 1. The molecule has 0 radical (unpaired) electrons. The summed E-state index contributed by atoms with van der Waals surface area (Å²) in [5.74, 6) is -0.0952. The summed E-state index contributed by atoms with van der Waals surface area (Å²) >= 11 is 7.74. The molecule has 0 aromatic carbocycles. The van der Waals surface area contributed by atoms with Crippen LogP contribution in [0.25, 0.3) is 6.08 Å². The number of thioether (sulfide) groups is 1. The van der Waals surface area contributed by atoms with E-state index in [0.717, 1.165) is 9.75 Å². The van der Waals surface area contributed by atoms with Gasteiger partial charge in [-0.1, -0.05) is 24.0 Å². The molecule has 4 nitrogen and oxygen atoms in total. The van der Waals surface area contributed by atoms with Gasteiger partial charge in [0.25, 0.3) is 5.91 Å². The highest BCUT2D eigenvalue weighted by molar-refractivity contribution is 8.26. The summed E-state index contributed by atoms with van der Waals surface area (Å²) in [5, 5.41) is 17.8. The lowest BCUT2D eigenvalue weighted by molar-refractivity contribution is -0.121. The minimum atomic E-state index is -1.34. The summed E-state index contributed by atoms with van der Waals surface area (Å²) in [5.41, 5.74) is 0. The summed E-state index contributed by atoms with van der Waals surface area (Å²) in [6.45, 7) is 0. The van der Waals surface area contributed by atoms with Crippen molar-refractivity contribution < 1.29 is 15.0 Å². The number of thiophene rings is 1. The molecule has 0 bridgehead atoms. The van der Waals surface area contributed by atoms with Gasteiger partial charge >= 0.3 is 0 Å². The van der Waals surface area contributed by atoms with Crippen molar-refractivity contribution in [3.63, 3.8) is 0 Å². The Morgan fingerprint density at radius 1 is 1.50 bits per heavy atom. The SMILES string of the molecule is CN1C(=O)/C(=C/c2ccc(CC(O)O)s2)SC1=S. The van der Waals surface area contributed by atoms with Crippen molar-refractivity contribution in [1.29, 1.82) is 0 Å². The molecule has 1 aromatic heterocycles. The molecule has 0 spiro atoms. The predicted molar refractivity (Wildman–Crippen MR) is 77.2 cm³/mol. The molecule has 1 aromatic rings. The number of nitrogens with zero attached hydrogens (tertiary/aromatic N) is 1. The quantitative estimate of drug-likeness (QED) is 0.502. The molecule has 96 valence electrons. The van der Waals surface area contributed by atoms with Gasteiger partial charge in [0.1, 0.15) is 4.32 Å². The highest BCUT2D eigenvalue weighted by Gasteiger charge is 2.28. The number of carbonyl (C=O) groups is 1. The second-order valence-corrected chi connectivity index (χ2v) is 6.61. The molecule has 2 rings (SSSR count). The smallest absolute Gasteiger partial charge is 0.265 e. The van der Waals surface area contributed by atoms with Crippen LogP contribution in [0.4, 0.5) is 0 Å². The van der Waals surface area contributed by atoms with Crippen LogP contribution in [0.5, 0.6) is 0 Å². The van der Waals surface area contributed by atoms with E-state index < -0.39 is 6.29 Å². The third-order valence-corrected chi connectivity index (χ3v) is 4.87. The second-order valence-electron chi connectivity index (χ2n) is 3.73. The first kappa shape index (κ1) is 13.7. The lowest BCUT2D eigenvalue weighted by Crippen LogP contribution is -2.22. The van der Waals surface area contributed by atoms with Crippen molar-refractivity contribution >= 4 is 51.6 Å². The van der Waals surface area contributed by atoms with Crippen LogP contribution < -0.4 is 0 Å². The minimum Gasteiger partial charge on any atom is -0.368 e. The third-order valence-electron chi connectivity index (χ3n) is 2.33. The van der Waals surface area contributed by atoms with Gasteiger partial charge in [0.2, 0.25) is 0 Å². The first-order valence-corrected chi connectivity index (χ1v) is 7.18. The van der Waals surface area contributed by atoms with Gasteiger partial charge in [-0.15, -0.1) is 11.3 Å². The Balaban J connectivity index is 2.16. The number of hydrogen-bond acceptors (Lipinski definition) is 6. The average Bonchev–Trinajstić information content (AvgIpc) is 2.80. The van der Waals surface area contributed by atoms with Crippen molar-refractivity contribution in [2.45, 2.75) is 12.7 Å². The summed E-state index contributed by atoms with van der Waals surface area (Å²) in [6.07, 6.45) is 0.638. The molecule has 1 aliphatic heterocycles. The molecule has 0 aliphatic carbocycles. The highest BCUT2D eigenvalue weighted by atomic mass is 32.2. The van der Waals surface area contributed by atoms with E-state index in [2.05, 4.69) is 0 Å². The van der Waals surface area contributed by atoms with Gasteiger partial charge in [-0.2, -0.15) is 0 Å². The largest absolute Gasteiger partial charge is 0.368 e. The van der Waals surface area contributed by atoms with E-state index in [1.807, 2.05) is 12.1 Å². The van der Waals surface area contributed by atoms with Gasteiger partial charge in [-0.25, -0.2) is 0 Å². The summed E-state index contributed by atoms with van der Waals surface area (Å²) < 4.78 is 0.550. The molecule has 0 unspecified atom stereocenters. The van der Waals surface area contributed by atoms with Crippen LogP contribution in [0, 0.1) is 0 Å². The van der Waals surface area contributed by atoms with E-state index in [0.29, 0.717) is 9.23 Å². The average molecular weight is 301 g/mol. The van der Waals surface area contributed by atoms with Crippen LogP contribution in [-0.4, -0.2) is 38.7 Å². The summed E-state index contributed by atoms with van der Waals surface area (Å²) in [4.78, 5) is 15.6. The van der Waals surface area contributed by atoms with Crippen LogP contribution in [0.3, 0.4) is 0 Å². The van der Waals surface area contributed by atoms with Gasteiger partial charge in [0.05, 0.1) is 4.91 Å². The fourth-order valence-electron chi connectivity index (χ4n) is 1.44. The Morgan fingerprint density at radius 2 is 2.22 bits per heavy atom. The highest BCUT2D eigenvalue weighted by Crippen LogP contribution is 2.32. The number of aliphatic hydroxyl groups is 2. The molecule has 2 N–H and O–H groups in total. The zero-order chi connectivity index (χ0) is 13.3. The van der Waals surface area contributed by atoms with Crippen molar-refractivity contribution in [3.8, 4) is 0 Å². The zero-order valence-corrected chi connectivity index (χ0v) is 11.9. The monoisotopic (exact) mass is 301 g/mol. The molecular weight excluding hydrogens is 290 g/mol. The third kappa shape index (κ3) is 2.99. The van der Waals surface area contributed by atoms with Crippen LogP contribution in [0.1, 0.15) is 9.75 Å². The normalized spacial score (nSPS) is 18.4. The van der Waals surface area contributed by atoms with Crippen LogP contribution in [0.15, 0.2) is 17.0 Å². The van der Waals surface area contributed by atoms with Gasteiger partial charge in [0, 0.05) is 23.2 Å². The molecule has 18 heavy (non-hydrogen) atoms. The number of likely N-dealkylation sites (N-methyl/N-ethyl adjacent to an activating group) is 1. The summed E-state index contributed by atoms with van der Waals surface area (Å²) in [6, 6.07) is 3.67. The van der Waals surface area contributed by atoms with Gasteiger partial charge in [-0.3, -0.25) is 9.69 Å². The first-order valence-electron chi connectivity index (χ1n) is 5.14. The van der Waals surface area contributed by atoms with Crippen LogP contribution in [-0.2, 0) is 11.2 Å². The van der Waals surface area contributed by atoms with E-state index in [1.165, 1.54) is 28.0 Å². The Labute approximate surface area is 118 Å². The number of rotatable bonds is 3. The molecular formula is C11H11NO3S3. The number of aliphatic hydroxyl groups excluding tert-OH is 1. The molecule has 7 heteroatoms. The van der Waals surface area contributed by atoms with Gasteiger partial charge in [-0.05, 0) is 18.2 Å². The summed E-state index contributed by atoms with van der Waals surface area (Å²) in [7, 11) is 1.65. The molecule has 1 amide bonds. The molecule has 0 saturated carbocycles. The Morgan fingerprint density at radius 3 is 2.78 bits per heavy atom. The minimum absolute atomic E-state index is 0.0952. The fraction of sp³-hybridized carbons (Fsp3) is 0.273. The Hall–Kier alpha value is -0.730.